The minimum Gasteiger partial charge on any atom is -0.318 e. The Labute approximate surface area is 116 Å². The number of aromatic nitrogens is 3. The van der Waals surface area contributed by atoms with Gasteiger partial charge in [-0.25, -0.2) is 17.9 Å². The molecule has 2 aromatic rings. The van der Waals surface area contributed by atoms with Crippen molar-refractivity contribution in [3.63, 3.8) is 0 Å². The average Bonchev–Trinajstić information content (AvgIpc) is 2.83. The van der Waals surface area contributed by atoms with Gasteiger partial charge in [0.2, 0.25) is 0 Å². The summed E-state index contributed by atoms with van der Waals surface area (Å²) < 4.78 is 40.8. The lowest BCUT2D eigenvalue weighted by Crippen LogP contribution is -2.43. The van der Waals surface area contributed by atoms with E-state index in [1.54, 1.807) is 0 Å². The van der Waals surface area contributed by atoms with Gasteiger partial charge in [0.05, 0.1) is 17.9 Å². The first kappa shape index (κ1) is 13.6. The molecule has 1 aliphatic rings. The number of anilines is 1. The zero-order valence-electron chi connectivity index (χ0n) is 10.6. The van der Waals surface area contributed by atoms with Gasteiger partial charge in [-0.1, -0.05) is 5.21 Å². The summed E-state index contributed by atoms with van der Waals surface area (Å²) in [5, 5.41) is 12.6. The van der Waals surface area contributed by atoms with Crippen LogP contribution in [0.1, 0.15) is 16.5 Å². The highest BCUT2D eigenvalue weighted by Crippen LogP contribution is 2.19. The molecule has 0 spiro atoms. The van der Waals surface area contributed by atoms with Gasteiger partial charge in [-0.2, -0.15) is 0 Å². The average molecular weight is 297 g/mol. The van der Waals surface area contributed by atoms with E-state index in [9.17, 15) is 18.0 Å². The van der Waals surface area contributed by atoms with Crippen LogP contribution in [-0.2, 0) is 0 Å². The summed E-state index contributed by atoms with van der Waals surface area (Å²) in [6.45, 7) is 1.45. The molecule has 1 aliphatic heterocycles. The van der Waals surface area contributed by atoms with Gasteiger partial charge in [0.25, 0.3) is 5.91 Å². The van der Waals surface area contributed by atoms with Crippen molar-refractivity contribution in [2.45, 2.75) is 6.04 Å². The number of hydrogen-bond donors (Lipinski definition) is 2. The molecule has 1 fully saturated rings. The van der Waals surface area contributed by atoms with Crippen LogP contribution in [0.5, 0.6) is 0 Å². The fourth-order valence-electron chi connectivity index (χ4n) is 1.82. The molecule has 1 amide bonds. The molecule has 0 aliphatic carbocycles. The van der Waals surface area contributed by atoms with Crippen LogP contribution in [0.2, 0.25) is 0 Å². The van der Waals surface area contributed by atoms with Crippen LogP contribution in [0.4, 0.5) is 18.9 Å². The van der Waals surface area contributed by atoms with Gasteiger partial charge in [-0.05, 0) is 0 Å². The highest BCUT2D eigenvalue weighted by atomic mass is 19.2. The molecule has 3 rings (SSSR count). The maximum absolute atomic E-state index is 13.4. The summed E-state index contributed by atoms with van der Waals surface area (Å²) in [6, 6.07) is 1.06. The number of nitrogens with one attached hydrogen (secondary N) is 2. The molecule has 0 bridgehead atoms. The summed E-state index contributed by atoms with van der Waals surface area (Å²) >= 11 is 0. The van der Waals surface area contributed by atoms with E-state index < -0.39 is 29.0 Å². The Bertz CT molecular complexity index is 698. The molecule has 1 saturated heterocycles. The van der Waals surface area contributed by atoms with Crippen molar-refractivity contribution in [1.82, 2.24) is 20.3 Å². The molecule has 1 aromatic carbocycles. The number of rotatable bonds is 3. The third kappa shape index (κ3) is 2.59. The number of carbonyl (C=O) groups excluding carboxylic acids is 1. The van der Waals surface area contributed by atoms with Crippen LogP contribution in [0.25, 0.3) is 0 Å². The summed E-state index contributed by atoms with van der Waals surface area (Å²) in [5.74, 6) is -4.40. The highest BCUT2D eigenvalue weighted by Gasteiger charge is 2.22. The van der Waals surface area contributed by atoms with E-state index >= 15 is 0 Å². The molecule has 0 unspecified atom stereocenters. The van der Waals surface area contributed by atoms with Crippen LogP contribution in [0.15, 0.2) is 18.3 Å². The monoisotopic (exact) mass is 297 g/mol. The summed E-state index contributed by atoms with van der Waals surface area (Å²) in [4.78, 5) is 11.9. The topological polar surface area (TPSA) is 71.8 Å². The minimum atomic E-state index is -1.33. The molecule has 0 saturated carbocycles. The predicted molar refractivity (Wildman–Crippen MR) is 66.2 cm³/mol. The number of benzene rings is 1. The molecule has 110 valence electrons. The van der Waals surface area contributed by atoms with E-state index in [-0.39, 0.29) is 11.7 Å². The smallest absolute Gasteiger partial charge is 0.277 e. The van der Waals surface area contributed by atoms with Gasteiger partial charge in [-0.15, -0.1) is 5.10 Å². The fourth-order valence-corrected chi connectivity index (χ4v) is 1.82. The van der Waals surface area contributed by atoms with Gasteiger partial charge in [0, 0.05) is 25.2 Å². The van der Waals surface area contributed by atoms with Crippen molar-refractivity contribution < 1.29 is 18.0 Å². The highest BCUT2D eigenvalue weighted by molar-refractivity contribution is 6.02. The van der Waals surface area contributed by atoms with Crippen molar-refractivity contribution in [1.29, 1.82) is 0 Å². The van der Waals surface area contributed by atoms with Crippen LogP contribution in [0, 0.1) is 17.5 Å². The Morgan fingerprint density at radius 2 is 1.95 bits per heavy atom. The van der Waals surface area contributed by atoms with Crippen LogP contribution >= 0.6 is 0 Å². The Morgan fingerprint density at radius 3 is 2.62 bits per heavy atom. The SMILES string of the molecule is O=C(Nc1cc(F)c(F)cc1F)c1cn(C2CNC2)nn1. The molecular formula is C12H10F3N5O. The molecule has 21 heavy (non-hydrogen) atoms. The van der Waals surface area contributed by atoms with Gasteiger partial charge in [0.1, 0.15) is 5.82 Å². The lowest BCUT2D eigenvalue weighted by Gasteiger charge is -2.26. The Hall–Kier alpha value is -2.42. The quantitative estimate of drug-likeness (QED) is 0.832. The molecule has 6 nitrogen and oxygen atoms in total. The van der Waals surface area contributed by atoms with Crippen molar-refractivity contribution in [2.75, 3.05) is 18.4 Å². The van der Waals surface area contributed by atoms with Crippen molar-refractivity contribution in [3.8, 4) is 0 Å². The second-order valence-electron chi connectivity index (χ2n) is 4.60. The third-order valence-electron chi connectivity index (χ3n) is 3.14. The number of halogens is 3. The van der Waals surface area contributed by atoms with Crippen LogP contribution in [-0.4, -0.2) is 34.0 Å². The summed E-state index contributed by atoms with van der Waals surface area (Å²) in [7, 11) is 0. The Kier molecular flexibility index (Phi) is 3.34. The second-order valence-corrected chi connectivity index (χ2v) is 4.60. The number of nitrogens with zero attached hydrogens (tertiary/aromatic N) is 3. The lowest BCUT2D eigenvalue weighted by molar-refractivity contribution is 0.102. The molecule has 1 aromatic heterocycles. The Morgan fingerprint density at radius 1 is 1.24 bits per heavy atom. The normalized spacial score (nSPS) is 14.8. The number of hydrogen-bond acceptors (Lipinski definition) is 4. The van der Waals surface area contributed by atoms with Gasteiger partial charge < -0.3 is 10.6 Å². The molecular weight excluding hydrogens is 287 g/mol. The number of carbonyl (C=O) groups is 1. The summed E-state index contributed by atoms with van der Waals surface area (Å²) in [5.41, 5.74) is -0.496. The first-order chi connectivity index (χ1) is 10.0. The zero-order valence-corrected chi connectivity index (χ0v) is 10.6. The van der Waals surface area contributed by atoms with Gasteiger partial charge in [-0.3, -0.25) is 4.79 Å². The van der Waals surface area contributed by atoms with E-state index in [2.05, 4.69) is 20.9 Å². The van der Waals surface area contributed by atoms with E-state index in [1.807, 2.05) is 0 Å². The molecule has 0 radical (unpaired) electrons. The predicted octanol–water partition coefficient (Wildman–Crippen LogP) is 1.09. The van der Waals surface area contributed by atoms with Crippen LogP contribution in [0.3, 0.4) is 0 Å². The molecule has 2 heterocycles. The first-order valence-electron chi connectivity index (χ1n) is 6.13. The van der Waals surface area contributed by atoms with Crippen molar-refractivity contribution in [3.05, 3.63) is 41.5 Å². The van der Waals surface area contributed by atoms with E-state index in [0.29, 0.717) is 12.1 Å². The van der Waals surface area contributed by atoms with E-state index in [0.717, 1.165) is 13.1 Å². The Balaban J connectivity index is 1.76. The van der Waals surface area contributed by atoms with Crippen molar-refractivity contribution >= 4 is 11.6 Å². The maximum Gasteiger partial charge on any atom is 0.277 e. The minimum absolute atomic E-state index is 0.0361. The lowest BCUT2D eigenvalue weighted by atomic mass is 10.2. The van der Waals surface area contributed by atoms with Gasteiger partial charge in [0.15, 0.2) is 17.3 Å². The standard InChI is InChI=1S/C12H10F3N5O/c13-7-1-9(15)10(2-8(7)14)17-12(21)11-5-20(19-18-11)6-3-16-4-6/h1-2,5-6,16H,3-4H2,(H,17,21). The van der Waals surface area contributed by atoms with E-state index in [1.165, 1.54) is 10.9 Å². The van der Waals surface area contributed by atoms with E-state index in [4.69, 9.17) is 0 Å². The molecule has 0 atom stereocenters. The fraction of sp³-hybridized carbons (Fsp3) is 0.250. The number of amides is 1. The molecule has 9 heteroatoms. The second kappa shape index (κ2) is 5.17. The zero-order chi connectivity index (χ0) is 15.0. The summed E-state index contributed by atoms with van der Waals surface area (Å²) in [6.07, 6.45) is 1.42. The largest absolute Gasteiger partial charge is 0.318 e. The van der Waals surface area contributed by atoms with Crippen LogP contribution < -0.4 is 10.6 Å². The third-order valence-corrected chi connectivity index (χ3v) is 3.14. The maximum atomic E-state index is 13.4. The van der Waals surface area contributed by atoms with Crippen molar-refractivity contribution in [2.24, 2.45) is 0 Å². The first-order valence-corrected chi connectivity index (χ1v) is 6.13. The molecule has 2 N–H and O–H groups in total. The van der Waals surface area contributed by atoms with Gasteiger partial charge >= 0.3 is 0 Å².